The van der Waals surface area contributed by atoms with Crippen LogP contribution in [0.3, 0.4) is 0 Å². The van der Waals surface area contributed by atoms with Gasteiger partial charge in [-0.25, -0.2) is 4.68 Å². The van der Waals surface area contributed by atoms with Gasteiger partial charge in [0.25, 0.3) is 0 Å². The van der Waals surface area contributed by atoms with E-state index in [0.717, 1.165) is 24.5 Å². The van der Waals surface area contributed by atoms with Crippen molar-refractivity contribution in [2.45, 2.75) is 20.4 Å². The molecular weight excluding hydrogens is 226 g/mol. The standard InChI is InChI=1S/C14H19N3O/c1-4-15-8-12-5-6-14(11(2)7-12)17-10-13(18-3)9-16-17/h5-7,9-10,15H,4,8H2,1-3H3. The Morgan fingerprint density at radius 3 is 2.83 bits per heavy atom. The summed E-state index contributed by atoms with van der Waals surface area (Å²) < 4.78 is 6.98. The smallest absolute Gasteiger partial charge is 0.157 e. The molecule has 1 N–H and O–H groups in total. The Labute approximate surface area is 108 Å². The fourth-order valence-electron chi connectivity index (χ4n) is 1.90. The average molecular weight is 245 g/mol. The summed E-state index contributed by atoms with van der Waals surface area (Å²) in [6, 6.07) is 6.40. The van der Waals surface area contributed by atoms with Crippen molar-refractivity contribution in [3.05, 3.63) is 41.7 Å². The second kappa shape index (κ2) is 5.69. The quantitative estimate of drug-likeness (QED) is 0.878. The summed E-state index contributed by atoms with van der Waals surface area (Å²) in [4.78, 5) is 0. The molecule has 0 aliphatic heterocycles. The van der Waals surface area contributed by atoms with Gasteiger partial charge in [0.15, 0.2) is 5.75 Å². The molecule has 4 heteroatoms. The molecule has 0 fully saturated rings. The lowest BCUT2D eigenvalue weighted by Gasteiger charge is -2.08. The van der Waals surface area contributed by atoms with Crippen molar-refractivity contribution in [2.24, 2.45) is 0 Å². The highest BCUT2D eigenvalue weighted by molar-refractivity contribution is 5.42. The van der Waals surface area contributed by atoms with E-state index >= 15 is 0 Å². The maximum Gasteiger partial charge on any atom is 0.157 e. The summed E-state index contributed by atoms with van der Waals surface area (Å²) in [5.41, 5.74) is 3.58. The van der Waals surface area contributed by atoms with Crippen molar-refractivity contribution < 1.29 is 4.74 Å². The number of hydrogen-bond acceptors (Lipinski definition) is 3. The predicted molar refractivity (Wildman–Crippen MR) is 72.2 cm³/mol. The van der Waals surface area contributed by atoms with Gasteiger partial charge in [-0.05, 0) is 30.7 Å². The highest BCUT2D eigenvalue weighted by Crippen LogP contribution is 2.18. The van der Waals surface area contributed by atoms with Gasteiger partial charge in [-0.15, -0.1) is 0 Å². The van der Waals surface area contributed by atoms with E-state index in [0.29, 0.717) is 0 Å². The molecule has 0 bridgehead atoms. The normalized spacial score (nSPS) is 10.6. The summed E-state index contributed by atoms with van der Waals surface area (Å²) in [6.07, 6.45) is 3.60. The molecule has 0 amide bonds. The first-order valence-electron chi connectivity index (χ1n) is 6.14. The van der Waals surface area contributed by atoms with E-state index in [4.69, 9.17) is 4.74 Å². The molecule has 0 unspecified atom stereocenters. The Kier molecular flexibility index (Phi) is 3.99. The molecule has 0 spiro atoms. The lowest BCUT2D eigenvalue weighted by atomic mass is 10.1. The number of aryl methyl sites for hydroxylation is 1. The second-order valence-electron chi connectivity index (χ2n) is 4.23. The Bertz CT molecular complexity index is 520. The second-order valence-corrected chi connectivity index (χ2v) is 4.23. The van der Waals surface area contributed by atoms with Crippen LogP contribution in [0.15, 0.2) is 30.6 Å². The van der Waals surface area contributed by atoms with Crippen LogP contribution < -0.4 is 10.1 Å². The van der Waals surface area contributed by atoms with E-state index < -0.39 is 0 Å². The Morgan fingerprint density at radius 1 is 1.39 bits per heavy atom. The van der Waals surface area contributed by atoms with Gasteiger partial charge >= 0.3 is 0 Å². The molecular formula is C14H19N3O. The number of ether oxygens (including phenoxy) is 1. The summed E-state index contributed by atoms with van der Waals surface area (Å²) in [6.45, 7) is 6.09. The summed E-state index contributed by atoms with van der Waals surface area (Å²) in [5.74, 6) is 0.770. The minimum absolute atomic E-state index is 0.770. The van der Waals surface area contributed by atoms with Crippen LogP contribution in [0.1, 0.15) is 18.1 Å². The first-order valence-corrected chi connectivity index (χ1v) is 6.14. The van der Waals surface area contributed by atoms with Gasteiger partial charge in [-0.1, -0.05) is 19.1 Å². The Balaban J connectivity index is 2.23. The van der Waals surface area contributed by atoms with Crippen LogP contribution in [-0.4, -0.2) is 23.4 Å². The summed E-state index contributed by atoms with van der Waals surface area (Å²) in [7, 11) is 1.65. The Morgan fingerprint density at radius 2 is 2.22 bits per heavy atom. The van der Waals surface area contributed by atoms with Crippen molar-refractivity contribution in [2.75, 3.05) is 13.7 Å². The summed E-state index contributed by atoms with van der Waals surface area (Å²) in [5, 5.41) is 7.61. The number of nitrogens with one attached hydrogen (secondary N) is 1. The van der Waals surface area contributed by atoms with E-state index in [1.807, 2.05) is 10.9 Å². The molecule has 0 saturated carbocycles. The van der Waals surface area contributed by atoms with E-state index in [1.165, 1.54) is 11.1 Å². The third kappa shape index (κ3) is 2.71. The van der Waals surface area contributed by atoms with Gasteiger partial charge in [-0.2, -0.15) is 5.10 Å². The van der Waals surface area contributed by atoms with Crippen LogP contribution in [0, 0.1) is 6.92 Å². The molecule has 4 nitrogen and oxygen atoms in total. The highest BCUT2D eigenvalue weighted by atomic mass is 16.5. The van der Waals surface area contributed by atoms with Crippen LogP contribution in [-0.2, 0) is 6.54 Å². The van der Waals surface area contributed by atoms with Crippen molar-refractivity contribution in [3.8, 4) is 11.4 Å². The van der Waals surface area contributed by atoms with Gasteiger partial charge in [0, 0.05) is 6.54 Å². The van der Waals surface area contributed by atoms with Crippen LogP contribution in [0.4, 0.5) is 0 Å². The molecule has 0 saturated heterocycles. The molecule has 2 rings (SSSR count). The van der Waals surface area contributed by atoms with Crippen molar-refractivity contribution in [1.29, 1.82) is 0 Å². The van der Waals surface area contributed by atoms with Crippen molar-refractivity contribution in [1.82, 2.24) is 15.1 Å². The molecule has 2 aromatic rings. The van der Waals surface area contributed by atoms with E-state index in [1.54, 1.807) is 13.3 Å². The van der Waals surface area contributed by atoms with Gasteiger partial charge in [0.05, 0.1) is 25.2 Å². The number of hydrogen-bond donors (Lipinski definition) is 1. The van der Waals surface area contributed by atoms with E-state index in [2.05, 4.69) is 42.5 Å². The van der Waals surface area contributed by atoms with Crippen LogP contribution in [0.25, 0.3) is 5.69 Å². The van der Waals surface area contributed by atoms with Gasteiger partial charge in [0.2, 0.25) is 0 Å². The first kappa shape index (κ1) is 12.6. The first-order chi connectivity index (χ1) is 8.74. The number of benzene rings is 1. The van der Waals surface area contributed by atoms with Crippen LogP contribution in [0.2, 0.25) is 0 Å². The van der Waals surface area contributed by atoms with Crippen LogP contribution in [0.5, 0.6) is 5.75 Å². The number of aromatic nitrogens is 2. The van der Waals surface area contributed by atoms with Gasteiger partial charge in [-0.3, -0.25) is 0 Å². The van der Waals surface area contributed by atoms with Gasteiger partial charge < -0.3 is 10.1 Å². The maximum atomic E-state index is 5.14. The minimum atomic E-state index is 0.770. The molecule has 96 valence electrons. The molecule has 0 atom stereocenters. The zero-order valence-electron chi connectivity index (χ0n) is 11.1. The monoisotopic (exact) mass is 245 g/mol. The fraction of sp³-hybridized carbons (Fsp3) is 0.357. The average Bonchev–Trinajstić information content (AvgIpc) is 2.85. The zero-order chi connectivity index (χ0) is 13.0. The molecule has 18 heavy (non-hydrogen) atoms. The molecule has 0 aliphatic carbocycles. The SMILES string of the molecule is CCNCc1ccc(-n2cc(OC)cn2)c(C)c1. The maximum absolute atomic E-state index is 5.14. The topological polar surface area (TPSA) is 39.1 Å². The van der Waals surface area contributed by atoms with E-state index in [-0.39, 0.29) is 0 Å². The lowest BCUT2D eigenvalue weighted by Crippen LogP contribution is -2.12. The van der Waals surface area contributed by atoms with Gasteiger partial charge in [0.1, 0.15) is 0 Å². The third-order valence-electron chi connectivity index (χ3n) is 2.88. The molecule has 0 radical (unpaired) electrons. The third-order valence-corrected chi connectivity index (χ3v) is 2.88. The molecule has 1 aromatic carbocycles. The number of nitrogens with zero attached hydrogens (tertiary/aromatic N) is 2. The predicted octanol–water partition coefficient (Wildman–Crippen LogP) is 2.30. The molecule has 1 aromatic heterocycles. The van der Waals surface area contributed by atoms with Crippen molar-refractivity contribution in [3.63, 3.8) is 0 Å². The van der Waals surface area contributed by atoms with Crippen LogP contribution >= 0.6 is 0 Å². The minimum Gasteiger partial charge on any atom is -0.493 e. The Hall–Kier alpha value is -1.81. The lowest BCUT2D eigenvalue weighted by molar-refractivity contribution is 0.414. The molecule has 1 heterocycles. The molecule has 0 aliphatic rings. The summed E-state index contributed by atoms with van der Waals surface area (Å²) >= 11 is 0. The largest absolute Gasteiger partial charge is 0.493 e. The zero-order valence-corrected chi connectivity index (χ0v) is 11.1. The number of rotatable bonds is 5. The van der Waals surface area contributed by atoms with E-state index in [9.17, 15) is 0 Å². The highest BCUT2D eigenvalue weighted by Gasteiger charge is 2.04. The number of methoxy groups -OCH3 is 1. The fourth-order valence-corrected chi connectivity index (χ4v) is 1.90. The van der Waals surface area contributed by atoms with Crippen molar-refractivity contribution >= 4 is 0 Å².